The number of methoxy groups -OCH3 is 1. The van der Waals surface area contributed by atoms with Crippen LogP contribution in [0.3, 0.4) is 0 Å². The summed E-state index contributed by atoms with van der Waals surface area (Å²) in [7, 11) is 3.65. The molecule has 1 unspecified atom stereocenters. The quantitative estimate of drug-likeness (QED) is 0.905. The van der Waals surface area contributed by atoms with Gasteiger partial charge in [0.1, 0.15) is 5.75 Å². The number of halogens is 1. The summed E-state index contributed by atoms with van der Waals surface area (Å²) in [5.41, 5.74) is 3.29. The minimum atomic E-state index is 0.179. The van der Waals surface area contributed by atoms with Gasteiger partial charge in [-0.3, -0.25) is 4.98 Å². The van der Waals surface area contributed by atoms with Gasteiger partial charge in [-0.05, 0) is 56.3 Å². The Morgan fingerprint density at radius 2 is 2.10 bits per heavy atom. The Balaban J connectivity index is 2.26. The van der Waals surface area contributed by atoms with Gasteiger partial charge in [0.05, 0.1) is 18.8 Å². The van der Waals surface area contributed by atoms with Gasteiger partial charge in [-0.15, -0.1) is 0 Å². The van der Waals surface area contributed by atoms with Crippen LogP contribution in [0.15, 0.2) is 40.9 Å². The topological polar surface area (TPSA) is 34.1 Å². The lowest BCUT2D eigenvalue weighted by Gasteiger charge is -2.17. The summed E-state index contributed by atoms with van der Waals surface area (Å²) in [5, 5.41) is 3.33. The first-order valence-corrected chi connectivity index (χ1v) is 7.36. The third-order valence-electron chi connectivity index (χ3n) is 3.29. The van der Waals surface area contributed by atoms with Gasteiger partial charge in [0, 0.05) is 10.2 Å². The van der Waals surface area contributed by atoms with Gasteiger partial charge in [-0.25, -0.2) is 0 Å². The molecule has 106 valence electrons. The average molecular weight is 335 g/mol. The van der Waals surface area contributed by atoms with Gasteiger partial charge >= 0.3 is 0 Å². The summed E-state index contributed by atoms with van der Waals surface area (Å²) in [6, 6.07) is 12.3. The fourth-order valence-electron chi connectivity index (χ4n) is 2.17. The number of aryl methyl sites for hydroxylation is 1. The standard InChI is InChI=1S/C16H19BrN2O/c1-11-5-4-6-15(19-11)16(18-2)10-12-9-13(20-3)7-8-14(12)17/h4-9,16,18H,10H2,1-3H3. The predicted octanol–water partition coefficient (Wildman–Crippen LogP) is 3.66. The van der Waals surface area contributed by atoms with Gasteiger partial charge in [-0.1, -0.05) is 22.0 Å². The average Bonchev–Trinajstić information content (AvgIpc) is 2.46. The van der Waals surface area contributed by atoms with Crippen LogP contribution in [0.25, 0.3) is 0 Å². The van der Waals surface area contributed by atoms with Crippen LogP contribution in [-0.2, 0) is 6.42 Å². The molecule has 0 aliphatic heterocycles. The maximum atomic E-state index is 5.29. The number of rotatable bonds is 5. The molecule has 0 bridgehead atoms. The molecule has 0 amide bonds. The van der Waals surface area contributed by atoms with Crippen molar-refractivity contribution in [2.24, 2.45) is 0 Å². The van der Waals surface area contributed by atoms with E-state index in [0.29, 0.717) is 0 Å². The maximum absolute atomic E-state index is 5.29. The molecule has 1 heterocycles. The molecule has 4 heteroatoms. The van der Waals surface area contributed by atoms with Crippen LogP contribution in [-0.4, -0.2) is 19.1 Å². The smallest absolute Gasteiger partial charge is 0.119 e. The lowest BCUT2D eigenvalue weighted by molar-refractivity contribution is 0.413. The minimum absolute atomic E-state index is 0.179. The SMILES string of the molecule is CNC(Cc1cc(OC)ccc1Br)c1cccc(C)n1. The molecule has 1 atom stereocenters. The van der Waals surface area contributed by atoms with Crippen LogP contribution < -0.4 is 10.1 Å². The van der Waals surface area contributed by atoms with E-state index in [2.05, 4.69) is 38.4 Å². The first-order chi connectivity index (χ1) is 9.63. The summed E-state index contributed by atoms with van der Waals surface area (Å²) < 4.78 is 6.38. The van der Waals surface area contributed by atoms with E-state index < -0.39 is 0 Å². The van der Waals surface area contributed by atoms with Gasteiger partial charge < -0.3 is 10.1 Å². The zero-order valence-electron chi connectivity index (χ0n) is 12.0. The fraction of sp³-hybridized carbons (Fsp3) is 0.312. The van der Waals surface area contributed by atoms with Crippen LogP contribution in [0.1, 0.15) is 23.0 Å². The third kappa shape index (κ3) is 3.58. The summed E-state index contributed by atoms with van der Waals surface area (Å²) in [6.45, 7) is 2.01. The van der Waals surface area contributed by atoms with Crippen LogP contribution >= 0.6 is 15.9 Å². The molecule has 2 rings (SSSR count). The number of hydrogen-bond donors (Lipinski definition) is 1. The van der Waals surface area contributed by atoms with E-state index >= 15 is 0 Å². The van der Waals surface area contributed by atoms with Crippen molar-refractivity contribution < 1.29 is 4.74 Å². The highest BCUT2D eigenvalue weighted by atomic mass is 79.9. The first kappa shape index (κ1) is 15.0. The molecule has 0 aliphatic rings. The van der Waals surface area contributed by atoms with Crippen LogP contribution in [0.5, 0.6) is 5.75 Å². The van der Waals surface area contributed by atoms with E-state index in [9.17, 15) is 0 Å². The lowest BCUT2D eigenvalue weighted by atomic mass is 10.0. The second-order valence-corrected chi connectivity index (χ2v) is 5.56. The van der Waals surface area contributed by atoms with Crippen molar-refractivity contribution in [3.63, 3.8) is 0 Å². The Hall–Kier alpha value is -1.39. The summed E-state index contributed by atoms with van der Waals surface area (Å²) in [5.74, 6) is 0.871. The molecule has 2 aromatic rings. The largest absolute Gasteiger partial charge is 0.497 e. The molecule has 0 spiro atoms. The predicted molar refractivity (Wildman–Crippen MR) is 85.2 cm³/mol. The van der Waals surface area contributed by atoms with Crippen molar-refractivity contribution in [2.45, 2.75) is 19.4 Å². The zero-order valence-corrected chi connectivity index (χ0v) is 13.6. The normalized spacial score (nSPS) is 12.2. The molecule has 1 N–H and O–H groups in total. The number of hydrogen-bond acceptors (Lipinski definition) is 3. The highest BCUT2D eigenvalue weighted by Crippen LogP contribution is 2.26. The Morgan fingerprint density at radius 1 is 1.30 bits per heavy atom. The van der Waals surface area contributed by atoms with E-state index in [1.54, 1.807) is 7.11 Å². The number of benzene rings is 1. The van der Waals surface area contributed by atoms with Gasteiger partial charge in [-0.2, -0.15) is 0 Å². The number of ether oxygens (including phenoxy) is 1. The van der Waals surface area contributed by atoms with Crippen molar-refractivity contribution in [1.82, 2.24) is 10.3 Å². The summed E-state index contributed by atoms with van der Waals surface area (Å²) in [4.78, 5) is 4.60. The van der Waals surface area contributed by atoms with Crippen LogP contribution in [0.2, 0.25) is 0 Å². The van der Waals surface area contributed by atoms with Gasteiger partial charge in [0.2, 0.25) is 0 Å². The van der Waals surface area contributed by atoms with Crippen LogP contribution in [0.4, 0.5) is 0 Å². The monoisotopic (exact) mass is 334 g/mol. The number of pyridine rings is 1. The van der Waals surface area contributed by atoms with Crippen molar-refractivity contribution >= 4 is 15.9 Å². The first-order valence-electron chi connectivity index (χ1n) is 6.57. The van der Waals surface area contributed by atoms with E-state index in [1.807, 2.05) is 38.2 Å². The minimum Gasteiger partial charge on any atom is -0.497 e. The Morgan fingerprint density at radius 3 is 2.75 bits per heavy atom. The van der Waals surface area contributed by atoms with E-state index in [0.717, 1.165) is 28.0 Å². The number of aromatic nitrogens is 1. The molecule has 0 aliphatic carbocycles. The Labute approximate surface area is 128 Å². The molecular formula is C16H19BrN2O. The van der Waals surface area contributed by atoms with Gasteiger partial charge in [0.15, 0.2) is 0 Å². The molecule has 1 aromatic heterocycles. The third-order valence-corrected chi connectivity index (χ3v) is 4.07. The van der Waals surface area contributed by atoms with Crippen molar-refractivity contribution in [2.75, 3.05) is 14.2 Å². The summed E-state index contributed by atoms with van der Waals surface area (Å²) >= 11 is 3.60. The van der Waals surface area contributed by atoms with E-state index in [1.165, 1.54) is 5.56 Å². The molecule has 3 nitrogen and oxygen atoms in total. The number of nitrogens with zero attached hydrogens (tertiary/aromatic N) is 1. The molecule has 20 heavy (non-hydrogen) atoms. The lowest BCUT2D eigenvalue weighted by Crippen LogP contribution is -2.20. The van der Waals surface area contributed by atoms with Crippen molar-refractivity contribution in [1.29, 1.82) is 0 Å². The number of likely N-dealkylation sites (N-methyl/N-ethyl adjacent to an activating group) is 1. The zero-order chi connectivity index (χ0) is 14.5. The maximum Gasteiger partial charge on any atom is 0.119 e. The second-order valence-electron chi connectivity index (χ2n) is 4.71. The van der Waals surface area contributed by atoms with E-state index in [4.69, 9.17) is 4.74 Å². The molecule has 1 aromatic carbocycles. The van der Waals surface area contributed by atoms with Crippen molar-refractivity contribution in [3.8, 4) is 5.75 Å². The summed E-state index contributed by atoms with van der Waals surface area (Å²) in [6.07, 6.45) is 0.852. The molecule has 0 radical (unpaired) electrons. The van der Waals surface area contributed by atoms with Crippen LogP contribution in [0, 0.1) is 6.92 Å². The molecule has 0 fully saturated rings. The fourth-order valence-corrected chi connectivity index (χ4v) is 2.58. The number of nitrogens with one attached hydrogen (secondary N) is 1. The Kier molecular flexibility index (Phi) is 5.15. The highest BCUT2D eigenvalue weighted by molar-refractivity contribution is 9.10. The van der Waals surface area contributed by atoms with Gasteiger partial charge in [0.25, 0.3) is 0 Å². The Bertz CT molecular complexity index is 586. The van der Waals surface area contributed by atoms with Crippen molar-refractivity contribution in [3.05, 3.63) is 57.8 Å². The van der Waals surface area contributed by atoms with E-state index in [-0.39, 0.29) is 6.04 Å². The molecule has 0 saturated carbocycles. The molecule has 0 saturated heterocycles. The second kappa shape index (κ2) is 6.86. The highest BCUT2D eigenvalue weighted by Gasteiger charge is 2.14. The molecular weight excluding hydrogens is 316 g/mol.